The van der Waals surface area contributed by atoms with Gasteiger partial charge in [0.1, 0.15) is 0 Å². The molecule has 0 aromatic rings. The highest BCUT2D eigenvalue weighted by molar-refractivity contribution is 6.87. The minimum Gasteiger partial charge on any atom is -0.375 e. The second kappa shape index (κ2) is 14.8. The van der Waals surface area contributed by atoms with Crippen LogP contribution < -0.4 is 0 Å². The van der Waals surface area contributed by atoms with E-state index in [2.05, 4.69) is 27.7 Å². The van der Waals surface area contributed by atoms with Crippen molar-refractivity contribution in [2.45, 2.75) is 105 Å². The van der Waals surface area contributed by atoms with E-state index in [0.717, 1.165) is 51.4 Å². The van der Waals surface area contributed by atoms with Crippen LogP contribution in [0.2, 0.25) is 26.2 Å². The Labute approximate surface area is 201 Å². The van der Waals surface area contributed by atoms with Crippen molar-refractivity contribution in [1.82, 2.24) is 0 Å². The summed E-state index contributed by atoms with van der Waals surface area (Å²) in [5, 5.41) is 0. The smallest absolute Gasteiger partial charge is 0.375 e. The average Bonchev–Trinajstić information content (AvgIpc) is 2.67. The molecule has 32 heavy (non-hydrogen) atoms. The van der Waals surface area contributed by atoms with E-state index in [9.17, 15) is 0 Å². The van der Waals surface area contributed by atoms with Gasteiger partial charge in [0, 0.05) is 52.6 Å². The lowest BCUT2D eigenvalue weighted by Gasteiger charge is -2.46. The van der Waals surface area contributed by atoms with Crippen molar-refractivity contribution >= 4 is 35.2 Å². The molecule has 0 unspecified atom stereocenters. The van der Waals surface area contributed by atoms with Crippen molar-refractivity contribution < 1.29 is 34.2 Å². The fraction of sp³-hybridized carbons (Fsp3) is 1.00. The topological polar surface area (TPSA) is 73.8 Å². The van der Waals surface area contributed by atoms with Crippen LogP contribution in [0.1, 0.15) is 79.1 Å². The van der Waals surface area contributed by atoms with Gasteiger partial charge in [-0.05, 0) is 25.7 Å². The summed E-state index contributed by atoms with van der Waals surface area (Å²) in [5.74, 6) is 0. The maximum Gasteiger partial charge on any atom is 0.482 e. The van der Waals surface area contributed by atoms with Gasteiger partial charge in [0.2, 0.25) is 0 Å². The van der Waals surface area contributed by atoms with Crippen molar-refractivity contribution in [2.75, 3.05) is 26.4 Å². The van der Waals surface area contributed by atoms with E-state index < -0.39 is 35.2 Å². The first kappa shape index (κ1) is 30.6. The molecular weight excluding hydrogens is 481 g/mol. The minimum absolute atomic E-state index is 0.555. The van der Waals surface area contributed by atoms with E-state index in [1.165, 1.54) is 0 Å². The van der Waals surface area contributed by atoms with E-state index in [4.69, 9.17) is 34.2 Å². The largest absolute Gasteiger partial charge is 0.482 e. The van der Waals surface area contributed by atoms with Gasteiger partial charge in [0.15, 0.2) is 0 Å². The summed E-state index contributed by atoms with van der Waals surface area (Å²) in [5.41, 5.74) is 0. The Morgan fingerprint density at radius 2 is 0.594 bits per heavy atom. The van der Waals surface area contributed by atoms with Crippen LogP contribution in [-0.2, 0) is 34.2 Å². The summed E-state index contributed by atoms with van der Waals surface area (Å²) in [6, 6.07) is 0. The standard InChI is InChI=1S/C20H48O8Si4/c1-9-13-17-21-29(5)25-30(6,22-18-14-10-2)27-32(8,24-20-16-12-4)28-31(7,26-29)23-19-15-11-3/h9-20H2,1-8H3. The van der Waals surface area contributed by atoms with E-state index in [1.807, 2.05) is 26.2 Å². The Morgan fingerprint density at radius 1 is 0.406 bits per heavy atom. The maximum atomic E-state index is 6.58. The molecule has 1 fully saturated rings. The molecule has 192 valence electrons. The zero-order chi connectivity index (χ0) is 24.1. The highest BCUT2D eigenvalue weighted by Gasteiger charge is 2.62. The molecule has 0 radical (unpaired) electrons. The van der Waals surface area contributed by atoms with Crippen LogP contribution in [0.15, 0.2) is 0 Å². The highest BCUT2D eigenvalue weighted by atomic mass is 28.6. The van der Waals surface area contributed by atoms with Crippen molar-refractivity contribution in [1.29, 1.82) is 0 Å². The van der Waals surface area contributed by atoms with E-state index in [1.54, 1.807) is 0 Å². The van der Waals surface area contributed by atoms with Crippen molar-refractivity contribution in [3.8, 4) is 0 Å². The molecule has 1 aliphatic rings. The third-order valence-electron chi connectivity index (χ3n) is 4.93. The van der Waals surface area contributed by atoms with Gasteiger partial charge in [-0.3, -0.25) is 0 Å². The molecule has 0 saturated carbocycles. The van der Waals surface area contributed by atoms with Crippen molar-refractivity contribution in [3.63, 3.8) is 0 Å². The van der Waals surface area contributed by atoms with Crippen molar-refractivity contribution in [3.05, 3.63) is 0 Å². The summed E-state index contributed by atoms with van der Waals surface area (Å²) in [4.78, 5) is 0. The number of hydrogen-bond acceptors (Lipinski definition) is 8. The second-order valence-corrected chi connectivity index (χ2v) is 20.0. The Kier molecular flexibility index (Phi) is 14.2. The highest BCUT2D eigenvalue weighted by Crippen LogP contribution is 2.33. The molecule has 0 aromatic heterocycles. The van der Waals surface area contributed by atoms with Crippen LogP contribution in [-0.4, -0.2) is 61.6 Å². The monoisotopic (exact) mass is 528 g/mol. The molecule has 1 heterocycles. The Bertz CT molecular complexity index is 418. The summed E-state index contributed by atoms with van der Waals surface area (Å²) >= 11 is 0. The third kappa shape index (κ3) is 11.3. The predicted octanol–water partition coefficient (Wildman–Crippen LogP) is 5.61. The van der Waals surface area contributed by atoms with Crippen LogP contribution in [0.5, 0.6) is 0 Å². The molecule has 1 rings (SSSR count). The quantitative estimate of drug-likeness (QED) is 0.189. The first-order valence-electron chi connectivity index (χ1n) is 12.4. The zero-order valence-corrected chi connectivity index (χ0v) is 25.8. The molecule has 0 atom stereocenters. The molecular formula is C20H48O8Si4. The fourth-order valence-corrected chi connectivity index (χ4v) is 20.2. The molecule has 8 nitrogen and oxygen atoms in total. The molecule has 0 amide bonds. The van der Waals surface area contributed by atoms with E-state index in [0.29, 0.717) is 26.4 Å². The van der Waals surface area contributed by atoms with Crippen LogP contribution >= 0.6 is 0 Å². The first-order valence-corrected chi connectivity index (χ1v) is 21.3. The lowest BCUT2D eigenvalue weighted by molar-refractivity contribution is 0.0217. The van der Waals surface area contributed by atoms with Gasteiger partial charge in [0.25, 0.3) is 0 Å². The van der Waals surface area contributed by atoms with Crippen LogP contribution in [0.4, 0.5) is 0 Å². The molecule has 0 spiro atoms. The van der Waals surface area contributed by atoms with Gasteiger partial charge < -0.3 is 34.2 Å². The minimum atomic E-state index is -3.16. The van der Waals surface area contributed by atoms with Gasteiger partial charge in [-0.25, -0.2) is 0 Å². The molecule has 1 saturated heterocycles. The molecule has 12 heteroatoms. The maximum absolute atomic E-state index is 6.58. The lowest BCUT2D eigenvalue weighted by atomic mass is 10.4. The molecule has 0 aromatic carbocycles. The summed E-state index contributed by atoms with van der Waals surface area (Å²) < 4.78 is 51.3. The molecule has 0 aliphatic carbocycles. The fourth-order valence-electron chi connectivity index (χ4n) is 3.27. The van der Waals surface area contributed by atoms with E-state index in [-0.39, 0.29) is 0 Å². The zero-order valence-electron chi connectivity index (χ0n) is 21.8. The van der Waals surface area contributed by atoms with Crippen LogP contribution in [0.25, 0.3) is 0 Å². The average molecular weight is 529 g/mol. The van der Waals surface area contributed by atoms with Crippen LogP contribution in [0.3, 0.4) is 0 Å². The van der Waals surface area contributed by atoms with Crippen LogP contribution in [0, 0.1) is 0 Å². The SMILES string of the molecule is CCCCO[Si]1(C)O[Si](C)(OCCCC)O[Si](C)(OCCCC)O[Si](C)(OCCCC)O1. The van der Waals surface area contributed by atoms with Gasteiger partial charge in [-0.15, -0.1) is 0 Å². The molecule has 1 aliphatic heterocycles. The normalized spacial score (nSPS) is 33.8. The Morgan fingerprint density at radius 3 is 0.750 bits per heavy atom. The Balaban J connectivity index is 3.21. The van der Waals surface area contributed by atoms with Gasteiger partial charge >= 0.3 is 35.2 Å². The predicted molar refractivity (Wildman–Crippen MR) is 134 cm³/mol. The van der Waals surface area contributed by atoms with Gasteiger partial charge in [-0.2, -0.15) is 0 Å². The van der Waals surface area contributed by atoms with Gasteiger partial charge in [-0.1, -0.05) is 53.4 Å². The summed E-state index contributed by atoms with van der Waals surface area (Å²) in [7, 11) is -12.6. The Hall–Kier alpha value is 0.548. The second-order valence-electron chi connectivity index (χ2n) is 8.67. The number of hydrogen-bond donors (Lipinski definition) is 0. The molecule has 0 bridgehead atoms. The molecule has 0 N–H and O–H groups in total. The van der Waals surface area contributed by atoms with E-state index >= 15 is 0 Å². The third-order valence-corrected chi connectivity index (χ3v) is 19.7. The number of rotatable bonds is 16. The van der Waals surface area contributed by atoms with Gasteiger partial charge in [0.05, 0.1) is 0 Å². The lowest BCUT2D eigenvalue weighted by Crippen LogP contribution is -2.70. The summed E-state index contributed by atoms with van der Waals surface area (Å²) in [6.07, 6.45) is 7.80. The first-order chi connectivity index (χ1) is 15.1. The van der Waals surface area contributed by atoms with Crippen molar-refractivity contribution in [2.24, 2.45) is 0 Å². The summed E-state index contributed by atoms with van der Waals surface area (Å²) in [6.45, 7) is 18.3. The number of unbranched alkanes of at least 4 members (excludes halogenated alkanes) is 4.